The molecule has 0 spiro atoms. The summed E-state index contributed by atoms with van der Waals surface area (Å²) in [4.78, 5) is 30.9. The number of carboxylic acid groups (broad SMARTS) is 1. The minimum atomic E-state index is -1.07. The monoisotopic (exact) mass is 291 g/mol. The van der Waals surface area contributed by atoms with E-state index in [1.807, 2.05) is 0 Å². The number of hydrogen-bond donors (Lipinski definition) is 2. The first-order chi connectivity index (χ1) is 9.49. The second-order valence-electron chi connectivity index (χ2n) is 4.21. The summed E-state index contributed by atoms with van der Waals surface area (Å²) in [6.45, 7) is 3.51. The van der Waals surface area contributed by atoms with Crippen LogP contribution in [-0.2, 0) is 0 Å². The largest absolute Gasteiger partial charge is 0.476 e. The summed E-state index contributed by atoms with van der Waals surface area (Å²) >= 11 is 1.21. The fourth-order valence-electron chi connectivity index (χ4n) is 1.65. The molecule has 2 aromatic heterocycles. The zero-order chi connectivity index (χ0) is 14.7. The van der Waals surface area contributed by atoms with Gasteiger partial charge in [-0.2, -0.15) is 0 Å². The Morgan fingerprint density at radius 3 is 2.80 bits per heavy atom. The van der Waals surface area contributed by atoms with Crippen molar-refractivity contribution in [2.45, 2.75) is 19.9 Å². The van der Waals surface area contributed by atoms with Crippen molar-refractivity contribution < 1.29 is 14.7 Å². The van der Waals surface area contributed by atoms with Gasteiger partial charge < -0.3 is 10.4 Å². The van der Waals surface area contributed by atoms with Crippen LogP contribution in [0, 0.1) is 6.92 Å². The zero-order valence-corrected chi connectivity index (χ0v) is 11.8. The molecule has 1 amide bonds. The number of nitrogens with one attached hydrogen (secondary N) is 1. The van der Waals surface area contributed by atoms with E-state index in [2.05, 4.69) is 15.3 Å². The van der Waals surface area contributed by atoms with Gasteiger partial charge in [0.15, 0.2) is 5.69 Å². The van der Waals surface area contributed by atoms with Crippen molar-refractivity contribution in [3.05, 3.63) is 45.7 Å². The Morgan fingerprint density at radius 1 is 1.45 bits per heavy atom. The van der Waals surface area contributed by atoms with Crippen LogP contribution in [0.25, 0.3) is 0 Å². The molecule has 0 aromatic carbocycles. The Balaban J connectivity index is 2.11. The highest BCUT2D eigenvalue weighted by Crippen LogP contribution is 2.18. The standard InChI is InChI=1S/C13H13N3O3S/c1-7-9(4-3-5-14-7)11(17)15-8(2)12-16-10(6-20-12)13(18)19/h3-6,8H,1-2H3,(H,15,17)(H,18,19). The molecule has 0 saturated carbocycles. The fourth-order valence-corrected chi connectivity index (χ4v) is 2.45. The van der Waals surface area contributed by atoms with Crippen LogP contribution in [0.4, 0.5) is 0 Å². The summed E-state index contributed by atoms with van der Waals surface area (Å²) in [6.07, 6.45) is 1.62. The molecule has 1 atom stereocenters. The van der Waals surface area contributed by atoms with Gasteiger partial charge in [-0.15, -0.1) is 11.3 Å². The van der Waals surface area contributed by atoms with E-state index < -0.39 is 5.97 Å². The maximum absolute atomic E-state index is 12.1. The van der Waals surface area contributed by atoms with Gasteiger partial charge in [-0.3, -0.25) is 9.78 Å². The lowest BCUT2D eigenvalue weighted by Crippen LogP contribution is -2.27. The summed E-state index contributed by atoms with van der Waals surface area (Å²) < 4.78 is 0. The average Bonchev–Trinajstić information content (AvgIpc) is 2.88. The molecule has 2 heterocycles. The van der Waals surface area contributed by atoms with E-state index in [9.17, 15) is 9.59 Å². The minimum absolute atomic E-state index is 0.0105. The molecule has 20 heavy (non-hydrogen) atoms. The number of carbonyl (C=O) groups excluding carboxylic acids is 1. The van der Waals surface area contributed by atoms with Crippen molar-refractivity contribution in [1.82, 2.24) is 15.3 Å². The maximum atomic E-state index is 12.1. The third kappa shape index (κ3) is 3.00. The first-order valence-electron chi connectivity index (χ1n) is 5.90. The molecular formula is C13H13N3O3S. The first-order valence-corrected chi connectivity index (χ1v) is 6.78. The molecule has 0 aliphatic carbocycles. The number of carbonyl (C=O) groups is 2. The van der Waals surface area contributed by atoms with Crippen LogP contribution in [0.1, 0.15) is 44.5 Å². The molecule has 2 N–H and O–H groups in total. The number of carboxylic acids is 1. The lowest BCUT2D eigenvalue weighted by molar-refractivity contribution is 0.0691. The number of nitrogens with zero attached hydrogens (tertiary/aromatic N) is 2. The summed E-state index contributed by atoms with van der Waals surface area (Å²) in [6, 6.07) is 3.02. The fraction of sp³-hybridized carbons (Fsp3) is 0.231. The van der Waals surface area contributed by atoms with E-state index in [1.165, 1.54) is 16.7 Å². The van der Waals surface area contributed by atoms with Gasteiger partial charge in [0.2, 0.25) is 0 Å². The second-order valence-corrected chi connectivity index (χ2v) is 5.10. The van der Waals surface area contributed by atoms with Gasteiger partial charge in [-0.1, -0.05) is 0 Å². The van der Waals surface area contributed by atoms with Crippen LogP contribution in [0.15, 0.2) is 23.7 Å². The van der Waals surface area contributed by atoms with Gasteiger partial charge in [0.05, 0.1) is 11.6 Å². The van der Waals surface area contributed by atoms with Crippen molar-refractivity contribution in [2.75, 3.05) is 0 Å². The average molecular weight is 291 g/mol. The van der Waals surface area contributed by atoms with E-state index in [0.717, 1.165) is 0 Å². The lowest BCUT2D eigenvalue weighted by Gasteiger charge is -2.12. The zero-order valence-electron chi connectivity index (χ0n) is 11.0. The Kier molecular flexibility index (Phi) is 4.09. The van der Waals surface area contributed by atoms with E-state index >= 15 is 0 Å². The van der Waals surface area contributed by atoms with E-state index in [1.54, 1.807) is 32.2 Å². The van der Waals surface area contributed by atoms with E-state index in [4.69, 9.17) is 5.11 Å². The number of pyridine rings is 1. The minimum Gasteiger partial charge on any atom is -0.476 e. The predicted octanol–water partition coefficient (Wildman–Crippen LogP) is 2.04. The summed E-state index contributed by atoms with van der Waals surface area (Å²) in [5, 5.41) is 13.6. The number of thiazole rings is 1. The van der Waals surface area contributed by atoms with Crippen LogP contribution in [0.2, 0.25) is 0 Å². The normalized spacial score (nSPS) is 11.9. The van der Waals surface area contributed by atoms with Gasteiger partial charge in [0, 0.05) is 17.3 Å². The maximum Gasteiger partial charge on any atom is 0.355 e. The molecule has 1 unspecified atom stereocenters. The predicted molar refractivity (Wildman–Crippen MR) is 73.9 cm³/mol. The molecule has 0 bridgehead atoms. The SMILES string of the molecule is Cc1ncccc1C(=O)NC(C)c1nc(C(=O)O)cs1. The summed E-state index contributed by atoms with van der Waals surface area (Å²) in [7, 11) is 0. The molecule has 0 fully saturated rings. The second kappa shape index (κ2) is 5.79. The van der Waals surface area contributed by atoms with Gasteiger partial charge in [-0.25, -0.2) is 9.78 Å². The van der Waals surface area contributed by atoms with Crippen molar-refractivity contribution in [2.24, 2.45) is 0 Å². The lowest BCUT2D eigenvalue weighted by atomic mass is 10.2. The van der Waals surface area contributed by atoms with E-state index in [-0.39, 0.29) is 17.6 Å². The van der Waals surface area contributed by atoms with Gasteiger partial charge in [0.25, 0.3) is 5.91 Å². The quantitative estimate of drug-likeness (QED) is 0.899. The van der Waals surface area contributed by atoms with Crippen LogP contribution in [0.3, 0.4) is 0 Å². The van der Waals surface area contributed by atoms with Crippen molar-refractivity contribution in [3.8, 4) is 0 Å². The van der Waals surface area contributed by atoms with Crippen molar-refractivity contribution in [3.63, 3.8) is 0 Å². The summed E-state index contributed by atoms with van der Waals surface area (Å²) in [5.41, 5.74) is 1.13. The molecule has 0 aliphatic rings. The van der Waals surface area contributed by atoms with Crippen LogP contribution < -0.4 is 5.32 Å². The molecule has 2 aromatic rings. The third-order valence-corrected chi connectivity index (χ3v) is 3.74. The number of hydrogen-bond acceptors (Lipinski definition) is 5. The molecule has 0 radical (unpaired) electrons. The highest BCUT2D eigenvalue weighted by molar-refractivity contribution is 7.09. The highest BCUT2D eigenvalue weighted by atomic mass is 32.1. The Bertz CT molecular complexity index is 654. The molecule has 104 valence electrons. The number of aromatic nitrogens is 2. The Hall–Kier alpha value is -2.28. The smallest absolute Gasteiger partial charge is 0.355 e. The molecular weight excluding hydrogens is 278 g/mol. The topological polar surface area (TPSA) is 92.2 Å². The van der Waals surface area contributed by atoms with Crippen molar-refractivity contribution in [1.29, 1.82) is 0 Å². The molecule has 6 nitrogen and oxygen atoms in total. The number of aryl methyl sites for hydroxylation is 1. The molecule has 2 rings (SSSR count). The van der Waals surface area contributed by atoms with Gasteiger partial charge in [-0.05, 0) is 26.0 Å². The van der Waals surface area contributed by atoms with Crippen molar-refractivity contribution >= 4 is 23.2 Å². The molecule has 0 aliphatic heterocycles. The van der Waals surface area contributed by atoms with Gasteiger partial charge >= 0.3 is 5.97 Å². The Labute approximate surface area is 119 Å². The summed E-state index contributed by atoms with van der Waals surface area (Å²) in [5.74, 6) is -1.33. The van der Waals surface area contributed by atoms with Crippen LogP contribution >= 0.6 is 11.3 Å². The number of rotatable bonds is 4. The van der Waals surface area contributed by atoms with Crippen LogP contribution in [0.5, 0.6) is 0 Å². The third-order valence-electron chi connectivity index (χ3n) is 2.71. The number of aromatic carboxylic acids is 1. The van der Waals surface area contributed by atoms with Gasteiger partial charge in [0.1, 0.15) is 5.01 Å². The van der Waals surface area contributed by atoms with E-state index in [0.29, 0.717) is 16.3 Å². The first kappa shape index (κ1) is 14.1. The Morgan fingerprint density at radius 2 is 2.20 bits per heavy atom. The molecule has 7 heteroatoms. The highest BCUT2D eigenvalue weighted by Gasteiger charge is 2.17. The number of amides is 1. The molecule has 0 saturated heterocycles. The van der Waals surface area contributed by atoms with Crippen LogP contribution in [-0.4, -0.2) is 27.0 Å².